The average Bonchev–Trinajstić information content (AvgIpc) is 2.96. The van der Waals surface area contributed by atoms with Gasteiger partial charge >= 0.3 is 6.09 Å². The zero-order valence-corrected chi connectivity index (χ0v) is 14.9. The van der Waals surface area contributed by atoms with Gasteiger partial charge in [-0.2, -0.15) is 5.10 Å². The molecule has 1 aromatic heterocycles. The Balaban J connectivity index is 1.47. The number of nitrogens with zero attached hydrogens (tertiary/aromatic N) is 3. The van der Waals surface area contributed by atoms with Crippen LogP contribution in [0.4, 0.5) is 4.79 Å². The first-order valence-corrected chi connectivity index (χ1v) is 8.82. The highest BCUT2D eigenvalue weighted by Crippen LogP contribution is 2.10. The Kier molecular flexibility index (Phi) is 5.71. The van der Waals surface area contributed by atoms with Crippen molar-refractivity contribution in [2.24, 2.45) is 0 Å². The Bertz CT molecular complexity index is 699. The van der Waals surface area contributed by atoms with Crippen LogP contribution in [0.25, 0.3) is 0 Å². The van der Waals surface area contributed by atoms with Gasteiger partial charge in [0.05, 0.1) is 5.69 Å². The number of hydrogen-bond acceptors (Lipinski definition) is 4. The topological polar surface area (TPSA) is 59.4 Å². The number of aromatic nitrogens is 2. The third-order valence-electron chi connectivity index (χ3n) is 4.51. The van der Waals surface area contributed by atoms with Crippen molar-refractivity contribution in [1.29, 1.82) is 0 Å². The van der Waals surface area contributed by atoms with E-state index in [-0.39, 0.29) is 12.1 Å². The van der Waals surface area contributed by atoms with Gasteiger partial charge in [0.25, 0.3) is 0 Å². The summed E-state index contributed by atoms with van der Waals surface area (Å²) >= 11 is 0. The van der Waals surface area contributed by atoms with E-state index in [1.54, 1.807) is 4.90 Å². The molecule has 0 radical (unpaired) electrons. The maximum absolute atomic E-state index is 12.3. The number of rotatable bonds is 5. The number of ether oxygens (including phenoxy) is 1. The van der Waals surface area contributed by atoms with Crippen LogP contribution in [0.3, 0.4) is 0 Å². The molecule has 1 aliphatic heterocycles. The molecule has 25 heavy (non-hydrogen) atoms. The van der Waals surface area contributed by atoms with Crippen molar-refractivity contribution in [3.05, 3.63) is 53.3 Å². The molecule has 1 aliphatic rings. The van der Waals surface area contributed by atoms with E-state index in [0.717, 1.165) is 30.8 Å². The number of amides is 1. The second kappa shape index (κ2) is 8.16. The number of hydrogen-bond donors (Lipinski definition) is 1. The molecule has 1 saturated heterocycles. The van der Waals surface area contributed by atoms with E-state index in [1.165, 1.54) is 5.69 Å². The first kappa shape index (κ1) is 17.5. The summed E-state index contributed by atoms with van der Waals surface area (Å²) in [5.74, 6) is 0. The van der Waals surface area contributed by atoms with E-state index in [2.05, 4.69) is 23.4 Å². The van der Waals surface area contributed by atoms with E-state index in [1.807, 2.05) is 41.9 Å². The van der Waals surface area contributed by atoms with E-state index >= 15 is 0 Å². The summed E-state index contributed by atoms with van der Waals surface area (Å²) in [6.07, 6.45) is 0.700. The van der Waals surface area contributed by atoms with E-state index < -0.39 is 0 Å². The minimum Gasteiger partial charge on any atom is -0.445 e. The summed E-state index contributed by atoms with van der Waals surface area (Å²) in [6, 6.07) is 12.1. The number of aryl methyl sites for hydroxylation is 3. The van der Waals surface area contributed by atoms with Gasteiger partial charge in [0.2, 0.25) is 0 Å². The lowest BCUT2D eigenvalue weighted by molar-refractivity contribution is 0.0837. The van der Waals surface area contributed by atoms with E-state index in [0.29, 0.717) is 19.7 Å². The zero-order chi connectivity index (χ0) is 17.6. The molecule has 2 aromatic rings. The smallest absolute Gasteiger partial charge is 0.410 e. The first-order chi connectivity index (χ1) is 12.1. The summed E-state index contributed by atoms with van der Waals surface area (Å²) in [4.78, 5) is 14.1. The molecule has 134 valence electrons. The lowest BCUT2D eigenvalue weighted by atomic mass is 10.1. The number of carbonyl (C=O) groups is 1. The SMILES string of the molecule is Cc1cc(C)n(CC[C@@H]2CN(C(=O)OCc3ccccc3)CCN2)n1. The van der Waals surface area contributed by atoms with Crippen molar-refractivity contribution in [3.63, 3.8) is 0 Å². The zero-order valence-electron chi connectivity index (χ0n) is 14.9. The summed E-state index contributed by atoms with van der Waals surface area (Å²) in [6.45, 7) is 7.40. The molecule has 1 atom stereocenters. The largest absolute Gasteiger partial charge is 0.445 e. The third kappa shape index (κ3) is 4.82. The predicted octanol–water partition coefficient (Wildman–Crippen LogP) is 2.50. The minimum absolute atomic E-state index is 0.235. The first-order valence-electron chi connectivity index (χ1n) is 8.82. The van der Waals surface area contributed by atoms with Crippen LogP contribution in [0.5, 0.6) is 0 Å². The molecular formula is C19H26N4O2. The lowest BCUT2D eigenvalue weighted by Gasteiger charge is -2.33. The normalized spacial score (nSPS) is 17.5. The van der Waals surface area contributed by atoms with Crippen molar-refractivity contribution in [2.45, 2.75) is 39.5 Å². The highest BCUT2D eigenvalue weighted by atomic mass is 16.6. The van der Waals surface area contributed by atoms with Gasteiger partial charge in [-0.05, 0) is 31.9 Å². The van der Waals surface area contributed by atoms with Crippen molar-refractivity contribution >= 4 is 6.09 Å². The van der Waals surface area contributed by atoms with Gasteiger partial charge in [0.15, 0.2) is 0 Å². The van der Waals surface area contributed by atoms with Gasteiger partial charge in [0.1, 0.15) is 6.61 Å². The Morgan fingerprint density at radius 2 is 2.12 bits per heavy atom. The monoisotopic (exact) mass is 342 g/mol. The highest BCUT2D eigenvalue weighted by molar-refractivity contribution is 5.67. The summed E-state index contributed by atoms with van der Waals surface area (Å²) in [7, 11) is 0. The van der Waals surface area contributed by atoms with E-state index in [9.17, 15) is 4.79 Å². The van der Waals surface area contributed by atoms with Crippen LogP contribution in [0.15, 0.2) is 36.4 Å². The molecule has 0 saturated carbocycles. The molecule has 1 N–H and O–H groups in total. The van der Waals surface area contributed by atoms with Crippen molar-refractivity contribution < 1.29 is 9.53 Å². The van der Waals surface area contributed by atoms with Crippen LogP contribution in [-0.2, 0) is 17.9 Å². The molecule has 0 aliphatic carbocycles. The van der Waals surface area contributed by atoms with Crippen molar-refractivity contribution in [3.8, 4) is 0 Å². The molecule has 0 spiro atoms. The standard InChI is InChI=1S/C19H26N4O2/c1-15-12-16(2)23(21-15)10-8-18-13-22(11-9-20-18)19(24)25-14-17-6-4-3-5-7-17/h3-7,12,18,20H,8-11,13-14H2,1-2H3/t18-/m1/s1. The molecule has 6 nitrogen and oxygen atoms in total. The fourth-order valence-electron chi connectivity index (χ4n) is 3.17. The van der Waals surface area contributed by atoms with Gasteiger partial charge in [-0.15, -0.1) is 0 Å². The number of carbonyl (C=O) groups excluding carboxylic acids is 1. The van der Waals surface area contributed by atoms with Gasteiger partial charge < -0.3 is 15.0 Å². The van der Waals surface area contributed by atoms with Crippen LogP contribution in [0.1, 0.15) is 23.4 Å². The van der Waals surface area contributed by atoms with Gasteiger partial charge in [0, 0.05) is 37.9 Å². The van der Waals surface area contributed by atoms with Gasteiger partial charge in [-0.1, -0.05) is 30.3 Å². The molecule has 6 heteroatoms. The summed E-state index contributed by atoms with van der Waals surface area (Å²) < 4.78 is 7.47. The Morgan fingerprint density at radius 3 is 2.84 bits per heavy atom. The fraction of sp³-hybridized carbons (Fsp3) is 0.474. The van der Waals surface area contributed by atoms with E-state index in [4.69, 9.17) is 4.74 Å². The number of nitrogens with one attached hydrogen (secondary N) is 1. The van der Waals surface area contributed by atoms with Gasteiger partial charge in [-0.3, -0.25) is 4.68 Å². The van der Waals surface area contributed by atoms with Crippen LogP contribution < -0.4 is 5.32 Å². The molecule has 1 aromatic carbocycles. The predicted molar refractivity (Wildman–Crippen MR) is 96.3 cm³/mol. The average molecular weight is 342 g/mol. The second-order valence-electron chi connectivity index (χ2n) is 6.58. The van der Waals surface area contributed by atoms with Crippen LogP contribution in [0, 0.1) is 13.8 Å². The Morgan fingerprint density at radius 1 is 1.32 bits per heavy atom. The number of piperazine rings is 1. The lowest BCUT2D eigenvalue weighted by Crippen LogP contribution is -2.53. The van der Waals surface area contributed by atoms with Crippen molar-refractivity contribution in [1.82, 2.24) is 20.0 Å². The molecule has 1 fully saturated rings. The minimum atomic E-state index is -0.235. The third-order valence-corrected chi connectivity index (χ3v) is 4.51. The molecule has 2 heterocycles. The van der Waals surface area contributed by atoms with Crippen LogP contribution in [-0.4, -0.2) is 46.4 Å². The van der Waals surface area contributed by atoms with Crippen LogP contribution >= 0.6 is 0 Å². The Hall–Kier alpha value is -2.34. The molecule has 1 amide bonds. The van der Waals surface area contributed by atoms with Crippen LogP contribution in [0.2, 0.25) is 0 Å². The summed E-state index contributed by atoms with van der Waals surface area (Å²) in [5.41, 5.74) is 3.22. The fourth-order valence-corrected chi connectivity index (χ4v) is 3.17. The molecule has 0 unspecified atom stereocenters. The molecule has 0 bridgehead atoms. The Labute approximate surface area is 148 Å². The summed E-state index contributed by atoms with van der Waals surface area (Å²) in [5, 5.41) is 7.98. The number of benzene rings is 1. The molecular weight excluding hydrogens is 316 g/mol. The highest BCUT2D eigenvalue weighted by Gasteiger charge is 2.24. The van der Waals surface area contributed by atoms with Gasteiger partial charge in [-0.25, -0.2) is 4.79 Å². The second-order valence-corrected chi connectivity index (χ2v) is 6.58. The quantitative estimate of drug-likeness (QED) is 0.907. The molecule has 3 rings (SSSR count). The maximum Gasteiger partial charge on any atom is 0.410 e. The maximum atomic E-state index is 12.3. The van der Waals surface area contributed by atoms with Crippen molar-refractivity contribution in [2.75, 3.05) is 19.6 Å².